The van der Waals surface area contributed by atoms with Gasteiger partial charge >= 0.3 is 0 Å². The standard InChI is InChI=1S/C12H18N2O3S/c1-2-18(15,16)14-9-5-12(6-10-14)17-11-3-7-13-8-4-11/h3-4,7-8,12H,2,5-6,9-10H2,1H3. The van der Waals surface area contributed by atoms with Crippen LogP contribution in [0.1, 0.15) is 19.8 Å². The molecule has 0 spiro atoms. The lowest BCUT2D eigenvalue weighted by molar-refractivity contribution is 0.135. The van der Waals surface area contributed by atoms with E-state index in [9.17, 15) is 8.42 Å². The molecule has 1 aromatic heterocycles. The number of hydrogen-bond acceptors (Lipinski definition) is 4. The van der Waals surface area contributed by atoms with Gasteiger partial charge in [0.15, 0.2) is 0 Å². The summed E-state index contributed by atoms with van der Waals surface area (Å²) in [4.78, 5) is 3.93. The molecule has 2 rings (SSSR count). The number of sulfonamides is 1. The molecule has 2 heterocycles. The van der Waals surface area contributed by atoms with Crippen molar-refractivity contribution in [2.45, 2.75) is 25.9 Å². The third kappa shape index (κ3) is 3.20. The van der Waals surface area contributed by atoms with Gasteiger partial charge < -0.3 is 4.74 Å². The molecule has 0 N–H and O–H groups in total. The van der Waals surface area contributed by atoms with Crippen molar-refractivity contribution in [3.63, 3.8) is 0 Å². The highest BCUT2D eigenvalue weighted by Crippen LogP contribution is 2.19. The molecule has 1 aliphatic heterocycles. The average molecular weight is 270 g/mol. The van der Waals surface area contributed by atoms with Crippen molar-refractivity contribution < 1.29 is 13.2 Å². The molecule has 1 saturated heterocycles. The Balaban J connectivity index is 1.88. The molecular formula is C12H18N2O3S. The van der Waals surface area contributed by atoms with Crippen molar-refractivity contribution >= 4 is 10.0 Å². The van der Waals surface area contributed by atoms with Crippen molar-refractivity contribution in [3.05, 3.63) is 24.5 Å². The minimum Gasteiger partial charge on any atom is -0.490 e. The second kappa shape index (κ2) is 5.67. The van der Waals surface area contributed by atoms with Crippen LogP contribution in [0.2, 0.25) is 0 Å². The molecule has 0 amide bonds. The molecule has 6 heteroatoms. The number of piperidine rings is 1. The monoisotopic (exact) mass is 270 g/mol. The molecule has 1 fully saturated rings. The van der Waals surface area contributed by atoms with Gasteiger partial charge in [0.1, 0.15) is 11.9 Å². The summed E-state index contributed by atoms with van der Waals surface area (Å²) in [5, 5.41) is 0. The van der Waals surface area contributed by atoms with E-state index in [1.165, 1.54) is 0 Å². The summed E-state index contributed by atoms with van der Waals surface area (Å²) in [6.45, 7) is 2.77. The summed E-state index contributed by atoms with van der Waals surface area (Å²) in [6, 6.07) is 3.63. The Morgan fingerprint density at radius 1 is 1.33 bits per heavy atom. The lowest BCUT2D eigenvalue weighted by Crippen LogP contribution is -2.42. The molecule has 0 aromatic carbocycles. The largest absolute Gasteiger partial charge is 0.490 e. The molecule has 0 aliphatic carbocycles. The third-order valence-corrected chi connectivity index (χ3v) is 4.99. The Kier molecular flexibility index (Phi) is 4.19. The molecule has 0 bridgehead atoms. The van der Waals surface area contributed by atoms with Crippen molar-refractivity contribution in [2.75, 3.05) is 18.8 Å². The number of hydrogen-bond donors (Lipinski definition) is 0. The quantitative estimate of drug-likeness (QED) is 0.827. The maximum Gasteiger partial charge on any atom is 0.213 e. The first-order valence-corrected chi connectivity index (χ1v) is 7.77. The summed E-state index contributed by atoms with van der Waals surface area (Å²) >= 11 is 0. The molecule has 0 radical (unpaired) electrons. The van der Waals surface area contributed by atoms with Crippen LogP contribution < -0.4 is 4.74 Å². The maximum atomic E-state index is 11.7. The Morgan fingerprint density at radius 2 is 1.94 bits per heavy atom. The molecule has 0 unspecified atom stereocenters. The first kappa shape index (κ1) is 13.3. The van der Waals surface area contributed by atoms with Gasteiger partial charge in [-0.15, -0.1) is 0 Å². The summed E-state index contributed by atoms with van der Waals surface area (Å²) in [6.07, 6.45) is 4.94. The lowest BCUT2D eigenvalue weighted by Gasteiger charge is -2.31. The van der Waals surface area contributed by atoms with Gasteiger partial charge in [0.05, 0.1) is 5.75 Å². The van der Waals surface area contributed by atoms with Crippen LogP contribution in [0.3, 0.4) is 0 Å². The van der Waals surface area contributed by atoms with Gasteiger partial charge in [-0.05, 0) is 31.9 Å². The normalized spacial score (nSPS) is 18.7. The van der Waals surface area contributed by atoms with Crippen molar-refractivity contribution in [2.24, 2.45) is 0 Å². The van der Waals surface area contributed by atoms with Crippen molar-refractivity contribution in [1.82, 2.24) is 9.29 Å². The van der Waals surface area contributed by atoms with E-state index in [1.807, 2.05) is 12.1 Å². The van der Waals surface area contributed by atoms with Crippen LogP contribution in [-0.2, 0) is 10.0 Å². The molecule has 1 aromatic rings. The molecule has 18 heavy (non-hydrogen) atoms. The first-order valence-electron chi connectivity index (χ1n) is 6.16. The van der Waals surface area contributed by atoms with E-state index in [0.717, 1.165) is 18.6 Å². The molecule has 5 nitrogen and oxygen atoms in total. The molecule has 100 valence electrons. The highest BCUT2D eigenvalue weighted by Gasteiger charge is 2.27. The van der Waals surface area contributed by atoms with Crippen LogP contribution in [-0.4, -0.2) is 42.7 Å². The minimum absolute atomic E-state index is 0.0932. The lowest BCUT2D eigenvalue weighted by atomic mass is 10.1. The van der Waals surface area contributed by atoms with Gasteiger partial charge in [-0.25, -0.2) is 12.7 Å². The Hall–Kier alpha value is -1.14. The first-order chi connectivity index (χ1) is 8.62. The predicted octanol–water partition coefficient (Wildman–Crippen LogP) is 1.27. The van der Waals surface area contributed by atoms with E-state index in [2.05, 4.69) is 4.98 Å². The minimum atomic E-state index is -3.05. The van der Waals surface area contributed by atoms with Gasteiger partial charge in [-0.1, -0.05) is 0 Å². The molecule has 0 atom stereocenters. The molecule has 1 aliphatic rings. The highest BCUT2D eigenvalue weighted by molar-refractivity contribution is 7.89. The van der Waals surface area contributed by atoms with E-state index in [1.54, 1.807) is 23.6 Å². The maximum absolute atomic E-state index is 11.7. The predicted molar refractivity (Wildman–Crippen MR) is 68.9 cm³/mol. The summed E-state index contributed by atoms with van der Waals surface area (Å²) in [5.74, 6) is 0.963. The van der Waals surface area contributed by atoms with E-state index in [0.29, 0.717) is 13.1 Å². The number of pyridine rings is 1. The van der Waals surface area contributed by atoms with E-state index >= 15 is 0 Å². The van der Waals surface area contributed by atoms with Crippen LogP contribution in [0, 0.1) is 0 Å². The Bertz CT molecular complexity index is 467. The van der Waals surface area contributed by atoms with Crippen LogP contribution in [0.15, 0.2) is 24.5 Å². The Labute approximate surface area is 108 Å². The summed E-state index contributed by atoms with van der Waals surface area (Å²) < 4.78 is 30.7. The van der Waals surface area contributed by atoms with Gasteiger partial charge in [0.2, 0.25) is 10.0 Å². The zero-order chi connectivity index (χ0) is 13.0. The van der Waals surface area contributed by atoms with Crippen LogP contribution in [0.5, 0.6) is 5.75 Å². The molecule has 0 saturated carbocycles. The number of ether oxygens (including phenoxy) is 1. The smallest absolute Gasteiger partial charge is 0.213 e. The van der Waals surface area contributed by atoms with Gasteiger partial charge in [0, 0.05) is 25.5 Å². The molecular weight excluding hydrogens is 252 g/mol. The number of nitrogens with zero attached hydrogens (tertiary/aromatic N) is 2. The zero-order valence-electron chi connectivity index (χ0n) is 10.4. The third-order valence-electron chi connectivity index (χ3n) is 3.11. The van der Waals surface area contributed by atoms with E-state index < -0.39 is 10.0 Å². The Morgan fingerprint density at radius 3 is 2.50 bits per heavy atom. The average Bonchev–Trinajstić information content (AvgIpc) is 2.40. The van der Waals surface area contributed by atoms with E-state index in [-0.39, 0.29) is 11.9 Å². The number of rotatable bonds is 4. The van der Waals surface area contributed by atoms with Crippen molar-refractivity contribution in [3.8, 4) is 5.75 Å². The fourth-order valence-corrected chi connectivity index (χ4v) is 3.15. The fourth-order valence-electron chi connectivity index (χ4n) is 2.02. The van der Waals surface area contributed by atoms with E-state index in [4.69, 9.17) is 4.74 Å². The SMILES string of the molecule is CCS(=O)(=O)N1CCC(Oc2ccncc2)CC1. The van der Waals surface area contributed by atoms with Gasteiger partial charge in [-0.3, -0.25) is 4.98 Å². The number of aromatic nitrogens is 1. The second-order valence-corrected chi connectivity index (χ2v) is 6.56. The second-order valence-electron chi connectivity index (χ2n) is 4.30. The van der Waals surface area contributed by atoms with Gasteiger partial charge in [-0.2, -0.15) is 0 Å². The summed E-state index contributed by atoms with van der Waals surface area (Å²) in [5.41, 5.74) is 0. The highest BCUT2D eigenvalue weighted by atomic mass is 32.2. The summed E-state index contributed by atoms with van der Waals surface area (Å²) in [7, 11) is -3.05. The topological polar surface area (TPSA) is 59.5 Å². The fraction of sp³-hybridized carbons (Fsp3) is 0.583. The van der Waals surface area contributed by atoms with Gasteiger partial charge in [0.25, 0.3) is 0 Å². The van der Waals surface area contributed by atoms with Crippen LogP contribution in [0.25, 0.3) is 0 Å². The van der Waals surface area contributed by atoms with Crippen LogP contribution in [0.4, 0.5) is 0 Å². The van der Waals surface area contributed by atoms with Crippen LogP contribution >= 0.6 is 0 Å². The zero-order valence-corrected chi connectivity index (χ0v) is 11.3. The van der Waals surface area contributed by atoms with Crippen molar-refractivity contribution in [1.29, 1.82) is 0 Å².